The van der Waals surface area contributed by atoms with Gasteiger partial charge in [0.15, 0.2) is 0 Å². The largest absolute Gasteiger partial charge is 0.393 e. The van der Waals surface area contributed by atoms with Crippen LogP contribution in [-0.4, -0.2) is 15.8 Å². The van der Waals surface area contributed by atoms with Crippen molar-refractivity contribution in [3.63, 3.8) is 0 Å². The molecule has 1 atom stereocenters. The third-order valence-corrected chi connectivity index (χ3v) is 3.01. The van der Waals surface area contributed by atoms with Gasteiger partial charge in [0.25, 0.3) is 0 Å². The van der Waals surface area contributed by atoms with Crippen molar-refractivity contribution in [1.29, 1.82) is 0 Å². The minimum Gasteiger partial charge on any atom is -0.393 e. The Morgan fingerprint density at radius 2 is 2.20 bits per heavy atom. The van der Waals surface area contributed by atoms with Crippen molar-refractivity contribution in [3.05, 3.63) is 34.9 Å². The lowest BCUT2D eigenvalue weighted by Gasteiger charge is -2.07. The van der Waals surface area contributed by atoms with Crippen LogP contribution < -0.4 is 0 Å². The third kappa shape index (κ3) is 2.41. The minimum absolute atomic E-state index is 0.238. The fourth-order valence-electron chi connectivity index (χ4n) is 1.69. The molecule has 0 amide bonds. The molecule has 2 rings (SSSR count). The van der Waals surface area contributed by atoms with Crippen LogP contribution in [0.1, 0.15) is 13.3 Å². The van der Waals surface area contributed by atoms with E-state index in [0.29, 0.717) is 0 Å². The normalized spacial score (nSPS) is 13.3. The first kappa shape index (κ1) is 10.7. The molecule has 0 saturated heterocycles. The molecule has 0 aliphatic heterocycles. The van der Waals surface area contributed by atoms with Crippen molar-refractivity contribution in [1.82, 2.24) is 4.57 Å². The second-order valence-electron chi connectivity index (χ2n) is 3.85. The average Bonchev–Trinajstić information content (AvgIpc) is 2.57. The number of aliphatic hydroxyl groups excluding tert-OH is 1. The SMILES string of the molecule is CC(O)CCn1ccc2cc(Br)ccc21. The zero-order chi connectivity index (χ0) is 10.8. The monoisotopic (exact) mass is 267 g/mol. The summed E-state index contributed by atoms with van der Waals surface area (Å²) in [6, 6.07) is 8.35. The van der Waals surface area contributed by atoms with E-state index in [9.17, 15) is 5.11 Å². The molecule has 1 aromatic carbocycles. The zero-order valence-corrected chi connectivity index (χ0v) is 10.2. The molecule has 1 aromatic heterocycles. The van der Waals surface area contributed by atoms with Crippen LogP contribution in [0.5, 0.6) is 0 Å². The number of halogens is 1. The van der Waals surface area contributed by atoms with Crippen LogP contribution in [0.25, 0.3) is 10.9 Å². The van der Waals surface area contributed by atoms with Gasteiger partial charge in [-0.25, -0.2) is 0 Å². The second-order valence-corrected chi connectivity index (χ2v) is 4.77. The molecule has 0 bridgehead atoms. The Morgan fingerprint density at radius 3 is 2.93 bits per heavy atom. The van der Waals surface area contributed by atoms with Gasteiger partial charge in [0.05, 0.1) is 6.10 Å². The van der Waals surface area contributed by atoms with Gasteiger partial charge in [-0.05, 0) is 37.6 Å². The fraction of sp³-hybridized carbons (Fsp3) is 0.333. The predicted molar refractivity (Wildman–Crippen MR) is 65.9 cm³/mol. The number of rotatable bonds is 3. The number of aliphatic hydroxyl groups is 1. The summed E-state index contributed by atoms with van der Waals surface area (Å²) < 4.78 is 3.28. The average molecular weight is 268 g/mol. The number of hydrogen-bond acceptors (Lipinski definition) is 1. The standard InChI is InChI=1S/C12H14BrNO/c1-9(15)4-6-14-7-5-10-8-11(13)2-3-12(10)14/h2-3,5,7-9,15H,4,6H2,1H3. The molecule has 0 aliphatic carbocycles. The Bertz CT molecular complexity index is 462. The highest BCUT2D eigenvalue weighted by Gasteiger charge is 2.02. The van der Waals surface area contributed by atoms with Gasteiger partial charge in [0, 0.05) is 28.1 Å². The quantitative estimate of drug-likeness (QED) is 0.908. The van der Waals surface area contributed by atoms with Crippen molar-refractivity contribution in [2.45, 2.75) is 26.0 Å². The summed E-state index contributed by atoms with van der Waals surface area (Å²) in [5.41, 5.74) is 1.22. The van der Waals surface area contributed by atoms with E-state index in [1.54, 1.807) is 0 Å². The number of aromatic nitrogens is 1. The Kier molecular flexibility index (Phi) is 3.12. The molecule has 1 N–H and O–H groups in total. The molecular formula is C12H14BrNO. The van der Waals surface area contributed by atoms with Crippen molar-refractivity contribution in [3.8, 4) is 0 Å². The van der Waals surface area contributed by atoms with Crippen LogP contribution in [0.2, 0.25) is 0 Å². The van der Waals surface area contributed by atoms with E-state index in [2.05, 4.69) is 44.9 Å². The number of nitrogens with zero attached hydrogens (tertiary/aromatic N) is 1. The summed E-state index contributed by atoms with van der Waals surface area (Å²) in [5.74, 6) is 0. The van der Waals surface area contributed by atoms with E-state index in [4.69, 9.17) is 0 Å². The van der Waals surface area contributed by atoms with Gasteiger partial charge in [-0.15, -0.1) is 0 Å². The smallest absolute Gasteiger partial charge is 0.0529 e. The number of hydrogen-bond donors (Lipinski definition) is 1. The van der Waals surface area contributed by atoms with Crippen molar-refractivity contribution in [2.75, 3.05) is 0 Å². The number of benzene rings is 1. The summed E-state index contributed by atoms with van der Waals surface area (Å²) in [5, 5.41) is 10.5. The maximum atomic E-state index is 9.25. The molecule has 0 aliphatic rings. The summed E-state index contributed by atoms with van der Waals surface area (Å²) >= 11 is 3.45. The van der Waals surface area contributed by atoms with E-state index < -0.39 is 0 Å². The van der Waals surface area contributed by atoms with E-state index in [1.165, 1.54) is 10.9 Å². The van der Waals surface area contributed by atoms with Gasteiger partial charge in [-0.3, -0.25) is 0 Å². The highest BCUT2D eigenvalue weighted by Crippen LogP contribution is 2.21. The first-order chi connectivity index (χ1) is 7.16. The van der Waals surface area contributed by atoms with Crippen LogP contribution >= 0.6 is 15.9 Å². The first-order valence-electron chi connectivity index (χ1n) is 5.09. The maximum Gasteiger partial charge on any atom is 0.0529 e. The zero-order valence-electron chi connectivity index (χ0n) is 8.65. The molecular weight excluding hydrogens is 254 g/mol. The first-order valence-corrected chi connectivity index (χ1v) is 5.88. The lowest BCUT2D eigenvalue weighted by Crippen LogP contribution is -2.05. The summed E-state index contributed by atoms with van der Waals surface area (Å²) in [4.78, 5) is 0. The Balaban J connectivity index is 2.29. The van der Waals surface area contributed by atoms with E-state index in [-0.39, 0.29) is 6.10 Å². The van der Waals surface area contributed by atoms with Crippen LogP contribution in [0.4, 0.5) is 0 Å². The van der Waals surface area contributed by atoms with Crippen LogP contribution in [0.15, 0.2) is 34.9 Å². The molecule has 0 radical (unpaired) electrons. The molecule has 0 spiro atoms. The van der Waals surface area contributed by atoms with Gasteiger partial charge in [-0.2, -0.15) is 0 Å². The van der Waals surface area contributed by atoms with Gasteiger partial charge in [0.2, 0.25) is 0 Å². The molecule has 2 nitrogen and oxygen atoms in total. The molecule has 80 valence electrons. The lowest BCUT2D eigenvalue weighted by atomic mass is 10.2. The molecule has 0 fully saturated rings. The molecule has 1 heterocycles. The lowest BCUT2D eigenvalue weighted by molar-refractivity contribution is 0.178. The molecule has 15 heavy (non-hydrogen) atoms. The molecule has 2 aromatic rings. The highest BCUT2D eigenvalue weighted by molar-refractivity contribution is 9.10. The van der Waals surface area contributed by atoms with Gasteiger partial charge in [0.1, 0.15) is 0 Å². The Morgan fingerprint density at radius 1 is 1.40 bits per heavy atom. The van der Waals surface area contributed by atoms with Gasteiger partial charge in [-0.1, -0.05) is 15.9 Å². The molecule has 0 saturated carbocycles. The summed E-state index contributed by atoms with van der Waals surface area (Å²) in [7, 11) is 0. The van der Waals surface area contributed by atoms with Gasteiger partial charge < -0.3 is 9.67 Å². The fourth-order valence-corrected chi connectivity index (χ4v) is 2.07. The van der Waals surface area contributed by atoms with E-state index in [1.807, 2.05) is 13.0 Å². The van der Waals surface area contributed by atoms with E-state index >= 15 is 0 Å². The summed E-state index contributed by atoms with van der Waals surface area (Å²) in [6.45, 7) is 2.69. The van der Waals surface area contributed by atoms with Crippen molar-refractivity contribution in [2.24, 2.45) is 0 Å². The third-order valence-electron chi connectivity index (χ3n) is 2.52. The van der Waals surface area contributed by atoms with Crippen molar-refractivity contribution >= 4 is 26.8 Å². The molecule has 1 unspecified atom stereocenters. The van der Waals surface area contributed by atoms with Crippen LogP contribution in [0.3, 0.4) is 0 Å². The van der Waals surface area contributed by atoms with Gasteiger partial charge >= 0.3 is 0 Å². The molecule has 3 heteroatoms. The van der Waals surface area contributed by atoms with Crippen molar-refractivity contribution < 1.29 is 5.11 Å². The number of aryl methyl sites for hydroxylation is 1. The summed E-state index contributed by atoms with van der Waals surface area (Å²) in [6.07, 6.45) is 2.62. The maximum absolute atomic E-state index is 9.25. The van der Waals surface area contributed by atoms with E-state index in [0.717, 1.165) is 17.4 Å². The number of fused-ring (bicyclic) bond motifs is 1. The second kappa shape index (κ2) is 4.37. The van der Waals surface area contributed by atoms with Crippen LogP contribution in [0, 0.1) is 0 Å². The van der Waals surface area contributed by atoms with Crippen LogP contribution in [-0.2, 0) is 6.54 Å². The Labute approximate surface area is 97.7 Å². The highest BCUT2D eigenvalue weighted by atomic mass is 79.9. The minimum atomic E-state index is -0.238. The predicted octanol–water partition coefficient (Wildman–Crippen LogP) is 3.17. The topological polar surface area (TPSA) is 25.2 Å². The Hall–Kier alpha value is -0.800.